The number of fused-ring (bicyclic) bond motifs is 1. The van der Waals surface area contributed by atoms with E-state index in [0.717, 1.165) is 17.7 Å². The molecular weight excluding hydrogens is 307 g/mol. The molecule has 2 rings (SSSR count). The van der Waals surface area contributed by atoms with Crippen LogP contribution in [0.5, 0.6) is 0 Å². The molecule has 1 unspecified atom stereocenters. The number of nitrogens with zero attached hydrogens (tertiary/aromatic N) is 1. The van der Waals surface area contributed by atoms with Crippen molar-refractivity contribution >= 4 is 11.8 Å². The highest BCUT2D eigenvalue weighted by Gasteiger charge is 2.36. The number of hydrogen-bond donors (Lipinski definition) is 0. The van der Waals surface area contributed by atoms with E-state index < -0.39 is 23.4 Å². The molecule has 0 N–H and O–H groups in total. The number of amides is 1. The Balaban J connectivity index is 2.46. The lowest BCUT2D eigenvalue weighted by molar-refractivity contribution is -0.137. The molecule has 0 fully saturated rings. The molecule has 1 aromatic carbocycles. The summed E-state index contributed by atoms with van der Waals surface area (Å²) in [5.41, 5.74) is -0.392. The third kappa shape index (κ3) is 3.98. The number of carbonyl (C=O) groups excluding carboxylic acids is 1. The Morgan fingerprint density at radius 1 is 1.30 bits per heavy atom. The molecule has 1 atom stereocenters. The van der Waals surface area contributed by atoms with Gasteiger partial charge in [-0.15, -0.1) is 0 Å². The van der Waals surface area contributed by atoms with E-state index in [9.17, 15) is 18.0 Å². The molecule has 0 bridgehead atoms. The fraction of sp³-hybridized carbons (Fsp3) is 0.588. The monoisotopic (exact) mass is 329 g/mol. The molecule has 0 spiro atoms. The zero-order chi connectivity index (χ0) is 17.4. The van der Waals surface area contributed by atoms with Gasteiger partial charge < -0.3 is 4.74 Å². The molecule has 23 heavy (non-hydrogen) atoms. The van der Waals surface area contributed by atoms with Crippen LogP contribution in [0.25, 0.3) is 0 Å². The molecule has 1 heterocycles. The molecule has 0 aliphatic carbocycles. The lowest BCUT2D eigenvalue weighted by Crippen LogP contribution is -2.46. The van der Waals surface area contributed by atoms with Gasteiger partial charge in [-0.3, -0.25) is 4.90 Å². The van der Waals surface area contributed by atoms with E-state index in [1.807, 2.05) is 6.92 Å². The molecule has 6 heteroatoms. The molecule has 3 nitrogen and oxygen atoms in total. The fourth-order valence-electron chi connectivity index (χ4n) is 2.77. The summed E-state index contributed by atoms with van der Waals surface area (Å²) in [5.74, 6) is 0. The number of hydrogen-bond acceptors (Lipinski definition) is 2. The van der Waals surface area contributed by atoms with Crippen LogP contribution >= 0.6 is 0 Å². The van der Waals surface area contributed by atoms with Crippen molar-refractivity contribution in [1.82, 2.24) is 0 Å². The predicted molar refractivity (Wildman–Crippen MR) is 82.6 cm³/mol. The summed E-state index contributed by atoms with van der Waals surface area (Å²) < 4.78 is 44.4. The summed E-state index contributed by atoms with van der Waals surface area (Å²) in [4.78, 5) is 13.9. The predicted octanol–water partition coefficient (Wildman–Crippen LogP) is 5.17. The molecule has 0 saturated heterocycles. The van der Waals surface area contributed by atoms with Gasteiger partial charge in [-0.1, -0.05) is 13.0 Å². The van der Waals surface area contributed by atoms with Crippen molar-refractivity contribution in [3.05, 3.63) is 29.3 Å². The SMILES string of the molecule is CCC1CCc2ccc(C(F)(F)F)cc2N1C(=O)OC(C)(C)C. The highest BCUT2D eigenvalue weighted by Crippen LogP contribution is 2.38. The number of rotatable bonds is 1. The smallest absolute Gasteiger partial charge is 0.416 e. The highest BCUT2D eigenvalue weighted by molar-refractivity contribution is 5.90. The van der Waals surface area contributed by atoms with E-state index in [1.165, 1.54) is 11.0 Å². The topological polar surface area (TPSA) is 29.5 Å². The van der Waals surface area contributed by atoms with Gasteiger partial charge in [0, 0.05) is 6.04 Å². The summed E-state index contributed by atoms with van der Waals surface area (Å²) in [5, 5.41) is 0. The van der Waals surface area contributed by atoms with Crippen molar-refractivity contribution in [3.63, 3.8) is 0 Å². The summed E-state index contributed by atoms with van der Waals surface area (Å²) in [6.45, 7) is 7.13. The Kier molecular flexibility index (Phi) is 4.64. The maximum absolute atomic E-state index is 13.0. The van der Waals surface area contributed by atoms with Crippen molar-refractivity contribution in [2.75, 3.05) is 4.90 Å². The van der Waals surface area contributed by atoms with E-state index in [2.05, 4.69) is 0 Å². The molecule has 1 amide bonds. The van der Waals surface area contributed by atoms with Gasteiger partial charge in [-0.25, -0.2) is 4.79 Å². The van der Waals surface area contributed by atoms with Gasteiger partial charge in [-0.05, 0) is 57.7 Å². The van der Waals surface area contributed by atoms with Crippen molar-refractivity contribution in [1.29, 1.82) is 0 Å². The van der Waals surface area contributed by atoms with E-state index in [4.69, 9.17) is 4.74 Å². The minimum Gasteiger partial charge on any atom is -0.443 e. The first-order valence-corrected chi connectivity index (χ1v) is 7.75. The van der Waals surface area contributed by atoms with Gasteiger partial charge in [0.2, 0.25) is 0 Å². The van der Waals surface area contributed by atoms with Crippen LogP contribution < -0.4 is 4.90 Å². The van der Waals surface area contributed by atoms with Crippen LogP contribution in [0.4, 0.5) is 23.7 Å². The van der Waals surface area contributed by atoms with Crippen LogP contribution in [0.15, 0.2) is 18.2 Å². The second-order valence-electron chi connectivity index (χ2n) is 6.79. The van der Waals surface area contributed by atoms with Crippen LogP contribution in [-0.2, 0) is 17.3 Å². The molecule has 0 aromatic heterocycles. The number of halogens is 3. The quantitative estimate of drug-likeness (QED) is 0.711. The first-order valence-electron chi connectivity index (χ1n) is 7.75. The van der Waals surface area contributed by atoms with E-state index in [1.54, 1.807) is 20.8 Å². The van der Waals surface area contributed by atoms with E-state index in [-0.39, 0.29) is 6.04 Å². The standard InChI is InChI=1S/C17H22F3NO2/c1-5-13-9-7-11-6-8-12(17(18,19)20)10-14(11)21(13)15(22)23-16(2,3)4/h6,8,10,13H,5,7,9H2,1-4H3. The maximum Gasteiger partial charge on any atom is 0.416 e. The number of carbonyl (C=O) groups is 1. The molecule has 1 aliphatic heterocycles. The summed E-state index contributed by atoms with van der Waals surface area (Å²) >= 11 is 0. The Morgan fingerprint density at radius 3 is 2.48 bits per heavy atom. The summed E-state index contributed by atoms with van der Waals surface area (Å²) in [6.07, 6.45) is -2.99. The number of ether oxygens (including phenoxy) is 1. The van der Waals surface area contributed by atoms with Gasteiger partial charge in [0.1, 0.15) is 5.60 Å². The van der Waals surface area contributed by atoms with Gasteiger partial charge in [0.05, 0.1) is 11.3 Å². The fourth-order valence-corrected chi connectivity index (χ4v) is 2.77. The molecular formula is C17H22F3NO2. The van der Waals surface area contributed by atoms with E-state index >= 15 is 0 Å². The molecule has 1 aromatic rings. The average molecular weight is 329 g/mol. The zero-order valence-electron chi connectivity index (χ0n) is 13.8. The first kappa shape index (κ1) is 17.6. The lowest BCUT2D eigenvalue weighted by Gasteiger charge is -2.38. The third-order valence-electron chi connectivity index (χ3n) is 3.85. The normalized spacial score (nSPS) is 18.6. The number of anilines is 1. The van der Waals surface area contributed by atoms with Crippen LogP contribution in [0, 0.1) is 0 Å². The van der Waals surface area contributed by atoms with Gasteiger partial charge in [0.25, 0.3) is 0 Å². The minimum absolute atomic E-state index is 0.152. The largest absolute Gasteiger partial charge is 0.443 e. The number of alkyl halides is 3. The third-order valence-corrected chi connectivity index (χ3v) is 3.85. The summed E-state index contributed by atoms with van der Waals surface area (Å²) in [7, 11) is 0. The average Bonchev–Trinajstić information content (AvgIpc) is 2.42. The van der Waals surface area contributed by atoms with Gasteiger partial charge >= 0.3 is 12.3 Å². The number of aryl methyl sites for hydroxylation is 1. The molecule has 128 valence electrons. The summed E-state index contributed by atoms with van der Waals surface area (Å²) in [6, 6.07) is 3.43. The zero-order valence-corrected chi connectivity index (χ0v) is 13.8. The second-order valence-corrected chi connectivity index (χ2v) is 6.79. The Bertz CT molecular complexity index is 590. The Labute approximate surface area is 134 Å². The Hall–Kier alpha value is -1.72. The van der Waals surface area contributed by atoms with Crippen molar-refractivity contribution in [2.45, 2.75) is 64.8 Å². The van der Waals surface area contributed by atoms with Gasteiger partial charge in [0.15, 0.2) is 0 Å². The second kappa shape index (κ2) is 6.06. The van der Waals surface area contributed by atoms with Crippen molar-refractivity contribution in [2.24, 2.45) is 0 Å². The highest BCUT2D eigenvalue weighted by atomic mass is 19.4. The first-order chi connectivity index (χ1) is 10.5. The molecule has 1 aliphatic rings. The maximum atomic E-state index is 13.0. The van der Waals surface area contributed by atoms with Crippen molar-refractivity contribution in [3.8, 4) is 0 Å². The number of benzene rings is 1. The lowest BCUT2D eigenvalue weighted by atomic mass is 9.93. The molecule has 0 radical (unpaired) electrons. The van der Waals surface area contributed by atoms with E-state index in [0.29, 0.717) is 24.9 Å². The van der Waals surface area contributed by atoms with Crippen LogP contribution in [-0.4, -0.2) is 17.7 Å². The van der Waals surface area contributed by atoms with Crippen LogP contribution in [0.3, 0.4) is 0 Å². The van der Waals surface area contributed by atoms with Crippen molar-refractivity contribution < 1.29 is 22.7 Å². The molecule has 0 saturated carbocycles. The van der Waals surface area contributed by atoms with Crippen LogP contribution in [0.1, 0.15) is 51.7 Å². The van der Waals surface area contributed by atoms with Gasteiger partial charge in [-0.2, -0.15) is 13.2 Å². The Morgan fingerprint density at radius 2 is 1.96 bits per heavy atom. The minimum atomic E-state index is -4.44. The van der Waals surface area contributed by atoms with Crippen LogP contribution in [0.2, 0.25) is 0 Å².